The van der Waals surface area contributed by atoms with E-state index < -0.39 is 0 Å². The highest BCUT2D eigenvalue weighted by Gasteiger charge is 2.53. The summed E-state index contributed by atoms with van der Waals surface area (Å²) in [7, 11) is 0. The van der Waals surface area contributed by atoms with E-state index in [9.17, 15) is 0 Å². The van der Waals surface area contributed by atoms with Gasteiger partial charge in [-0.05, 0) is 148 Å². The van der Waals surface area contributed by atoms with Crippen LogP contribution in [0.5, 0.6) is 5.75 Å². The predicted molar refractivity (Wildman–Crippen MR) is 143 cm³/mol. The van der Waals surface area contributed by atoms with Crippen molar-refractivity contribution in [3.63, 3.8) is 0 Å². The van der Waals surface area contributed by atoms with Crippen molar-refractivity contribution in [3.8, 4) is 5.75 Å². The zero-order valence-corrected chi connectivity index (χ0v) is 22.8. The van der Waals surface area contributed by atoms with Gasteiger partial charge in [-0.2, -0.15) is 0 Å². The molecule has 0 aliphatic heterocycles. The van der Waals surface area contributed by atoms with Crippen molar-refractivity contribution in [3.05, 3.63) is 29.8 Å². The van der Waals surface area contributed by atoms with E-state index in [4.69, 9.17) is 14.2 Å². The average Bonchev–Trinajstić information content (AvgIpc) is 2.84. The first-order chi connectivity index (χ1) is 17.5. The third-order valence-corrected chi connectivity index (χ3v) is 11.6. The third kappa shape index (κ3) is 4.66. The smallest absolute Gasteiger partial charge is 0.223 e. The van der Waals surface area contributed by atoms with Crippen LogP contribution in [-0.4, -0.2) is 25.1 Å². The molecule has 3 nitrogen and oxygen atoms in total. The van der Waals surface area contributed by atoms with Crippen molar-refractivity contribution in [1.29, 1.82) is 0 Å². The molecule has 36 heavy (non-hydrogen) atoms. The van der Waals surface area contributed by atoms with Crippen LogP contribution in [0.4, 0.5) is 0 Å². The summed E-state index contributed by atoms with van der Waals surface area (Å²) in [5.74, 6) is 7.07. The number of ether oxygens (including phenoxy) is 3. The van der Waals surface area contributed by atoms with Gasteiger partial charge in [-0.15, -0.1) is 0 Å². The van der Waals surface area contributed by atoms with Gasteiger partial charge in [-0.1, -0.05) is 26.0 Å². The molecule has 8 aliphatic carbocycles. The summed E-state index contributed by atoms with van der Waals surface area (Å²) in [4.78, 5) is 0. The lowest BCUT2D eigenvalue weighted by Crippen LogP contribution is -2.53. The molecule has 0 amide bonds. The fourth-order valence-electron chi connectivity index (χ4n) is 10.6. The van der Waals surface area contributed by atoms with E-state index in [0.717, 1.165) is 54.3 Å². The van der Waals surface area contributed by atoms with Gasteiger partial charge < -0.3 is 14.2 Å². The molecule has 1 aromatic rings. The molecule has 8 fully saturated rings. The van der Waals surface area contributed by atoms with Crippen LogP contribution in [0, 0.1) is 40.9 Å². The topological polar surface area (TPSA) is 27.7 Å². The van der Waals surface area contributed by atoms with Crippen LogP contribution >= 0.6 is 0 Å². The van der Waals surface area contributed by atoms with Gasteiger partial charge in [0.05, 0.1) is 12.2 Å². The minimum atomic E-state index is -0.305. The molecular formula is C33H48O3. The number of rotatable bonds is 10. The molecule has 2 unspecified atom stereocenters. The van der Waals surface area contributed by atoms with Crippen LogP contribution in [0.3, 0.4) is 0 Å². The van der Waals surface area contributed by atoms with Crippen molar-refractivity contribution in [2.24, 2.45) is 40.9 Å². The maximum absolute atomic E-state index is 6.88. The normalized spacial score (nSPS) is 43.6. The second kappa shape index (κ2) is 9.30. The van der Waals surface area contributed by atoms with Gasteiger partial charge in [0, 0.05) is 0 Å². The van der Waals surface area contributed by atoms with E-state index in [2.05, 4.69) is 38.1 Å². The largest absolute Gasteiger partial charge is 0.462 e. The molecule has 0 spiro atoms. The van der Waals surface area contributed by atoms with Gasteiger partial charge >= 0.3 is 0 Å². The average molecular weight is 493 g/mol. The van der Waals surface area contributed by atoms with E-state index in [1.807, 2.05) is 0 Å². The molecule has 0 radical (unpaired) electrons. The highest BCUT2D eigenvalue weighted by atomic mass is 16.7. The lowest BCUT2D eigenvalue weighted by atomic mass is 9.50. The van der Waals surface area contributed by atoms with Gasteiger partial charge in [0.15, 0.2) is 0 Å². The molecule has 0 saturated heterocycles. The molecule has 0 aromatic heterocycles. The van der Waals surface area contributed by atoms with Gasteiger partial charge in [-0.25, -0.2) is 0 Å². The van der Waals surface area contributed by atoms with Crippen molar-refractivity contribution < 1.29 is 14.2 Å². The first-order valence-corrected chi connectivity index (χ1v) is 15.5. The van der Waals surface area contributed by atoms with Crippen molar-refractivity contribution in [1.82, 2.24) is 0 Å². The first kappa shape index (κ1) is 24.0. The first-order valence-electron chi connectivity index (χ1n) is 15.5. The van der Waals surface area contributed by atoms with Crippen molar-refractivity contribution >= 4 is 0 Å². The quantitative estimate of drug-likeness (QED) is 0.309. The molecule has 8 aliphatic rings. The molecular weight excluding hydrogens is 444 g/mol. The SMILES string of the molecule is CCC(C)c1ccc(OC(COC23CC4CC(CC(C4)C2)C3)OCC23CC4CC(CC(C4)C2)C3)cc1. The molecule has 1 aromatic carbocycles. The zero-order valence-electron chi connectivity index (χ0n) is 22.8. The Balaban J connectivity index is 1.04. The van der Waals surface area contributed by atoms with Gasteiger partial charge in [0.25, 0.3) is 0 Å². The Kier molecular flexibility index (Phi) is 6.20. The van der Waals surface area contributed by atoms with Gasteiger partial charge in [0.2, 0.25) is 6.29 Å². The fourth-order valence-corrected chi connectivity index (χ4v) is 10.6. The van der Waals surface area contributed by atoms with Crippen LogP contribution in [0.15, 0.2) is 24.3 Å². The molecule has 3 heteroatoms. The Morgan fingerprint density at radius 2 is 1.25 bits per heavy atom. The second-order valence-corrected chi connectivity index (χ2v) is 14.6. The predicted octanol–water partition coefficient (Wildman–Crippen LogP) is 8.12. The summed E-state index contributed by atoms with van der Waals surface area (Å²) in [6.07, 6.45) is 17.6. The minimum absolute atomic E-state index is 0.0980. The Labute approximate surface area is 219 Å². The molecule has 8 bridgehead atoms. The molecule has 2 atom stereocenters. The maximum Gasteiger partial charge on any atom is 0.223 e. The summed E-state index contributed by atoms with van der Waals surface area (Å²) in [6, 6.07) is 8.76. The number of hydrogen-bond donors (Lipinski definition) is 0. The van der Waals surface area contributed by atoms with E-state index in [1.165, 1.54) is 82.6 Å². The monoisotopic (exact) mass is 492 g/mol. The Morgan fingerprint density at radius 3 is 1.75 bits per heavy atom. The summed E-state index contributed by atoms with van der Waals surface area (Å²) in [5.41, 5.74) is 1.89. The van der Waals surface area contributed by atoms with Crippen LogP contribution < -0.4 is 4.74 Å². The molecule has 9 rings (SSSR count). The van der Waals surface area contributed by atoms with Crippen LogP contribution in [0.25, 0.3) is 0 Å². The lowest BCUT2D eigenvalue weighted by molar-refractivity contribution is -0.218. The van der Waals surface area contributed by atoms with Crippen molar-refractivity contribution in [2.45, 2.75) is 115 Å². The lowest BCUT2D eigenvalue weighted by Gasteiger charge is -2.57. The molecule has 0 N–H and O–H groups in total. The number of hydrogen-bond acceptors (Lipinski definition) is 3. The van der Waals surface area contributed by atoms with Crippen LogP contribution in [-0.2, 0) is 9.47 Å². The highest BCUT2D eigenvalue weighted by Crippen LogP contribution is 2.60. The van der Waals surface area contributed by atoms with Gasteiger partial charge in [0.1, 0.15) is 12.4 Å². The van der Waals surface area contributed by atoms with E-state index in [1.54, 1.807) is 0 Å². The summed E-state index contributed by atoms with van der Waals surface area (Å²) < 4.78 is 20.2. The third-order valence-electron chi connectivity index (χ3n) is 11.6. The number of benzene rings is 1. The summed E-state index contributed by atoms with van der Waals surface area (Å²) in [6.45, 7) is 5.99. The Bertz CT molecular complexity index is 801. The standard InChI is InChI=1S/C33H48O3/c1-3-22(2)29-4-6-30(7-5-29)36-31(20-35-33-17-26-11-27(18-33)13-28(12-26)19-33)34-21-32-14-23-8-24(15-32)10-25(9-23)16-32/h4-7,22-28,31H,3,8-21H2,1-2H3. The summed E-state index contributed by atoms with van der Waals surface area (Å²) in [5, 5.41) is 0. The molecule has 8 saturated carbocycles. The zero-order chi connectivity index (χ0) is 24.3. The summed E-state index contributed by atoms with van der Waals surface area (Å²) >= 11 is 0. The molecule has 198 valence electrons. The second-order valence-electron chi connectivity index (χ2n) is 14.6. The van der Waals surface area contributed by atoms with Crippen LogP contribution in [0.2, 0.25) is 0 Å². The minimum Gasteiger partial charge on any atom is -0.462 e. The van der Waals surface area contributed by atoms with Crippen molar-refractivity contribution in [2.75, 3.05) is 13.2 Å². The fraction of sp³-hybridized carbons (Fsp3) is 0.818. The van der Waals surface area contributed by atoms with Gasteiger partial charge in [-0.3, -0.25) is 0 Å². The Hall–Kier alpha value is -1.06. The van der Waals surface area contributed by atoms with E-state index in [0.29, 0.717) is 17.9 Å². The van der Waals surface area contributed by atoms with E-state index in [-0.39, 0.29) is 11.9 Å². The Morgan fingerprint density at radius 1 is 0.750 bits per heavy atom. The highest BCUT2D eigenvalue weighted by molar-refractivity contribution is 5.29. The molecule has 0 heterocycles. The van der Waals surface area contributed by atoms with E-state index >= 15 is 0 Å². The maximum atomic E-state index is 6.88. The van der Waals surface area contributed by atoms with Crippen LogP contribution in [0.1, 0.15) is 109 Å².